The molecule has 2 heterocycles. The SMILES string of the molecule is Cc1ccc(N2C(=O)c3cccnc3C2Nc2ccccc2C(F)(F)F)cc1. The molecule has 1 amide bonds. The maximum atomic E-state index is 13.4. The monoisotopic (exact) mass is 383 g/mol. The van der Waals surface area contributed by atoms with Crippen LogP contribution >= 0.6 is 0 Å². The lowest BCUT2D eigenvalue weighted by molar-refractivity contribution is -0.137. The van der Waals surface area contributed by atoms with Gasteiger partial charge < -0.3 is 5.32 Å². The number of amides is 1. The Labute approximate surface area is 159 Å². The zero-order valence-electron chi connectivity index (χ0n) is 14.9. The number of pyridine rings is 1. The standard InChI is InChI=1S/C21H16F3N3O/c1-13-8-10-14(11-9-13)27-19(18-15(20(27)28)5-4-12-25-18)26-17-7-3-2-6-16(17)21(22,23)24/h2-12,19,26H,1H3. The molecule has 0 spiro atoms. The summed E-state index contributed by atoms with van der Waals surface area (Å²) in [4.78, 5) is 18.7. The highest BCUT2D eigenvalue weighted by Gasteiger charge is 2.41. The van der Waals surface area contributed by atoms with Crippen LogP contribution in [0.4, 0.5) is 24.5 Å². The molecule has 1 unspecified atom stereocenters. The van der Waals surface area contributed by atoms with Gasteiger partial charge in [0.25, 0.3) is 5.91 Å². The second-order valence-electron chi connectivity index (χ2n) is 6.54. The van der Waals surface area contributed by atoms with Crippen LogP contribution in [0.1, 0.15) is 33.3 Å². The van der Waals surface area contributed by atoms with Crippen LogP contribution in [-0.4, -0.2) is 10.9 Å². The average Bonchev–Trinajstić information content (AvgIpc) is 2.95. The Bertz CT molecular complexity index is 1030. The molecule has 1 aliphatic heterocycles. The minimum absolute atomic E-state index is 0.108. The summed E-state index contributed by atoms with van der Waals surface area (Å²) in [5, 5.41) is 2.89. The van der Waals surface area contributed by atoms with E-state index in [1.807, 2.05) is 19.1 Å². The number of halogens is 3. The Morgan fingerprint density at radius 2 is 1.71 bits per heavy atom. The molecule has 0 fully saturated rings. The number of aryl methyl sites for hydroxylation is 1. The molecule has 0 bridgehead atoms. The fourth-order valence-corrected chi connectivity index (χ4v) is 3.29. The third-order valence-electron chi connectivity index (χ3n) is 4.64. The van der Waals surface area contributed by atoms with E-state index in [1.54, 1.807) is 24.3 Å². The Kier molecular flexibility index (Phi) is 4.30. The number of aromatic nitrogens is 1. The second-order valence-corrected chi connectivity index (χ2v) is 6.54. The van der Waals surface area contributed by atoms with Crippen LogP contribution in [0.25, 0.3) is 0 Å². The van der Waals surface area contributed by atoms with Crippen molar-refractivity contribution < 1.29 is 18.0 Å². The molecular formula is C21H16F3N3O. The van der Waals surface area contributed by atoms with Gasteiger partial charge in [0.15, 0.2) is 6.17 Å². The fraction of sp³-hybridized carbons (Fsp3) is 0.143. The molecule has 7 heteroatoms. The van der Waals surface area contributed by atoms with Crippen molar-refractivity contribution in [3.05, 3.63) is 89.2 Å². The van der Waals surface area contributed by atoms with Crippen LogP contribution in [0.5, 0.6) is 0 Å². The Balaban J connectivity index is 1.81. The van der Waals surface area contributed by atoms with Crippen LogP contribution in [-0.2, 0) is 6.18 Å². The number of alkyl halides is 3. The van der Waals surface area contributed by atoms with Crippen LogP contribution in [0.3, 0.4) is 0 Å². The van der Waals surface area contributed by atoms with E-state index in [9.17, 15) is 18.0 Å². The molecule has 3 aromatic rings. The molecule has 1 aromatic heterocycles. The number of carbonyl (C=O) groups excluding carboxylic acids is 1. The Hall–Kier alpha value is -3.35. The number of carbonyl (C=O) groups is 1. The first-order chi connectivity index (χ1) is 13.4. The van der Waals surface area contributed by atoms with Gasteiger partial charge in [-0.2, -0.15) is 13.2 Å². The summed E-state index contributed by atoms with van der Waals surface area (Å²) < 4.78 is 40.3. The molecule has 0 saturated heterocycles. The summed E-state index contributed by atoms with van der Waals surface area (Å²) in [6.07, 6.45) is -3.85. The minimum Gasteiger partial charge on any atom is -0.359 e. The maximum absolute atomic E-state index is 13.4. The van der Waals surface area contributed by atoms with Crippen molar-refractivity contribution in [3.63, 3.8) is 0 Å². The highest BCUT2D eigenvalue weighted by Crippen LogP contribution is 2.40. The normalized spacial score (nSPS) is 16.2. The number of nitrogens with zero attached hydrogens (tertiary/aromatic N) is 2. The number of hydrogen-bond donors (Lipinski definition) is 1. The smallest absolute Gasteiger partial charge is 0.359 e. The summed E-state index contributed by atoms with van der Waals surface area (Å²) in [6.45, 7) is 1.92. The summed E-state index contributed by atoms with van der Waals surface area (Å²) in [5.41, 5.74) is 1.45. The summed E-state index contributed by atoms with van der Waals surface area (Å²) in [5.74, 6) is -0.311. The van der Waals surface area contributed by atoms with Gasteiger partial charge in [0.05, 0.1) is 16.8 Å². The van der Waals surface area contributed by atoms with Gasteiger partial charge in [0.2, 0.25) is 0 Å². The van der Waals surface area contributed by atoms with Crippen LogP contribution in [0.2, 0.25) is 0 Å². The van der Waals surface area contributed by atoms with Gasteiger partial charge in [-0.1, -0.05) is 29.8 Å². The molecule has 1 atom stereocenters. The van der Waals surface area contributed by atoms with E-state index < -0.39 is 17.9 Å². The van der Waals surface area contributed by atoms with Gasteiger partial charge in [-0.15, -0.1) is 0 Å². The van der Waals surface area contributed by atoms with Crippen LogP contribution in [0, 0.1) is 6.92 Å². The number of rotatable bonds is 3. The lowest BCUT2D eigenvalue weighted by atomic mass is 10.1. The predicted molar refractivity (Wildman–Crippen MR) is 100 cm³/mol. The van der Waals surface area contributed by atoms with Crippen molar-refractivity contribution in [2.75, 3.05) is 10.2 Å². The largest absolute Gasteiger partial charge is 0.418 e. The summed E-state index contributed by atoms with van der Waals surface area (Å²) in [7, 11) is 0. The molecule has 28 heavy (non-hydrogen) atoms. The van der Waals surface area contributed by atoms with Crippen molar-refractivity contribution in [1.82, 2.24) is 4.98 Å². The lowest BCUT2D eigenvalue weighted by Gasteiger charge is -2.27. The second kappa shape index (κ2) is 6.67. The van der Waals surface area contributed by atoms with E-state index in [0.29, 0.717) is 16.9 Å². The van der Waals surface area contributed by atoms with Gasteiger partial charge >= 0.3 is 6.18 Å². The summed E-state index contributed by atoms with van der Waals surface area (Å²) in [6, 6.07) is 15.7. The molecule has 1 N–H and O–H groups in total. The van der Waals surface area contributed by atoms with E-state index in [4.69, 9.17) is 0 Å². The van der Waals surface area contributed by atoms with E-state index >= 15 is 0 Å². The first-order valence-corrected chi connectivity index (χ1v) is 8.64. The van der Waals surface area contributed by atoms with Gasteiger partial charge in [0.1, 0.15) is 0 Å². The number of nitrogens with one attached hydrogen (secondary N) is 1. The first-order valence-electron chi connectivity index (χ1n) is 8.64. The minimum atomic E-state index is -4.52. The van der Waals surface area contributed by atoms with Crippen LogP contribution < -0.4 is 10.2 Å². The van der Waals surface area contributed by atoms with E-state index in [-0.39, 0.29) is 11.6 Å². The molecule has 142 valence electrons. The predicted octanol–water partition coefficient (Wildman–Crippen LogP) is 5.18. The van der Waals surface area contributed by atoms with E-state index in [0.717, 1.165) is 11.6 Å². The molecular weight excluding hydrogens is 367 g/mol. The number of hydrogen-bond acceptors (Lipinski definition) is 3. The lowest BCUT2D eigenvalue weighted by Crippen LogP contribution is -2.33. The zero-order valence-corrected chi connectivity index (χ0v) is 14.9. The number of anilines is 2. The number of fused-ring (bicyclic) bond motifs is 1. The zero-order chi connectivity index (χ0) is 19.9. The van der Waals surface area contributed by atoms with Crippen molar-refractivity contribution in [2.45, 2.75) is 19.3 Å². The van der Waals surface area contributed by atoms with Gasteiger partial charge in [-0.3, -0.25) is 14.7 Å². The molecule has 0 radical (unpaired) electrons. The van der Waals surface area contributed by atoms with E-state index in [1.165, 1.54) is 29.3 Å². The average molecular weight is 383 g/mol. The molecule has 2 aromatic carbocycles. The van der Waals surface area contributed by atoms with Crippen molar-refractivity contribution >= 4 is 17.3 Å². The fourth-order valence-electron chi connectivity index (χ4n) is 3.29. The highest BCUT2D eigenvalue weighted by molar-refractivity contribution is 6.11. The molecule has 4 nitrogen and oxygen atoms in total. The number of benzene rings is 2. The molecule has 4 rings (SSSR count). The first kappa shape index (κ1) is 18.0. The quantitative estimate of drug-likeness (QED) is 0.678. The topological polar surface area (TPSA) is 45.2 Å². The summed E-state index contributed by atoms with van der Waals surface area (Å²) >= 11 is 0. The van der Waals surface area contributed by atoms with Gasteiger partial charge in [-0.05, 0) is 43.3 Å². The van der Waals surface area contributed by atoms with E-state index in [2.05, 4.69) is 10.3 Å². The van der Waals surface area contributed by atoms with Gasteiger partial charge in [-0.25, -0.2) is 0 Å². The molecule has 0 saturated carbocycles. The van der Waals surface area contributed by atoms with Crippen molar-refractivity contribution in [1.29, 1.82) is 0 Å². The maximum Gasteiger partial charge on any atom is 0.418 e. The van der Waals surface area contributed by atoms with Crippen LogP contribution in [0.15, 0.2) is 66.9 Å². The Morgan fingerprint density at radius 3 is 2.43 bits per heavy atom. The van der Waals surface area contributed by atoms with Crippen molar-refractivity contribution in [2.24, 2.45) is 0 Å². The Morgan fingerprint density at radius 1 is 1.00 bits per heavy atom. The molecule has 0 aliphatic carbocycles. The third kappa shape index (κ3) is 3.09. The van der Waals surface area contributed by atoms with Gasteiger partial charge in [0, 0.05) is 17.6 Å². The highest BCUT2D eigenvalue weighted by atomic mass is 19.4. The molecule has 1 aliphatic rings. The number of para-hydroxylation sites is 1. The van der Waals surface area contributed by atoms with Crippen molar-refractivity contribution in [3.8, 4) is 0 Å². The third-order valence-corrected chi connectivity index (χ3v) is 4.64.